The number of phenols is 1. The van der Waals surface area contributed by atoms with Crippen LogP contribution < -0.4 is 4.90 Å². The van der Waals surface area contributed by atoms with Gasteiger partial charge in [-0.15, -0.1) is 0 Å². The van der Waals surface area contributed by atoms with Crippen molar-refractivity contribution in [1.82, 2.24) is 0 Å². The van der Waals surface area contributed by atoms with Crippen LogP contribution in [0.4, 0.5) is 5.69 Å². The molecule has 1 rings (SSSR count). The van der Waals surface area contributed by atoms with E-state index in [-0.39, 0.29) is 5.75 Å². The maximum atomic E-state index is 9.68. The number of aliphatic hydroxyl groups excluding tert-OH is 1. The molecule has 0 spiro atoms. The summed E-state index contributed by atoms with van der Waals surface area (Å²) in [6, 6.07) is 7.18. The van der Waals surface area contributed by atoms with Gasteiger partial charge in [0.15, 0.2) is 0 Å². The molecule has 4 nitrogen and oxygen atoms in total. The van der Waals surface area contributed by atoms with Gasteiger partial charge in [0.1, 0.15) is 5.75 Å². The molecule has 1 unspecified atom stereocenters. The van der Waals surface area contributed by atoms with Gasteiger partial charge in [-0.25, -0.2) is 0 Å². The van der Waals surface area contributed by atoms with Crippen molar-refractivity contribution >= 4 is 5.69 Å². The molecule has 1 atom stereocenters. The first kappa shape index (κ1) is 12.3. The number of anilines is 1. The largest absolute Gasteiger partial charge is 0.507 e. The maximum Gasteiger partial charge on any atom is 0.123 e. The van der Waals surface area contributed by atoms with Gasteiger partial charge in [0.25, 0.3) is 0 Å². The van der Waals surface area contributed by atoms with Gasteiger partial charge in [0.2, 0.25) is 0 Å². The van der Waals surface area contributed by atoms with E-state index >= 15 is 0 Å². The minimum atomic E-state index is -0.682. The van der Waals surface area contributed by atoms with Crippen molar-refractivity contribution in [2.45, 2.75) is 19.4 Å². The average molecular weight is 220 g/mol. The zero-order valence-electron chi connectivity index (χ0n) is 9.51. The number of rotatable bonds is 4. The fraction of sp³-hybridized carbons (Fsp3) is 0.417. The summed E-state index contributed by atoms with van der Waals surface area (Å²) in [6.07, 6.45) is -0.242. The van der Waals surface area contributed by atoms with Crippen LogP contribution in [-0.4, -0.2) is 23.8 Å². The molecule has 1 aromatic carbocycles. The van der Waals surface area contributed by atoms with E-state index in [0.29, 0.717) is 18.5 Å². The molecule has 0 aliphatic rings. The van der Waals surface area contributed by atoms with Gasteiger partial charge in [-0.1, -0.05) is 6.07 Å². The average Bonchev–Trinajstić information content (AvgIpc) is 2.25. The normalized spacial score (nSPS) is 11.9. The van der Waals surface area contributed by atoms with E-state index in [1.165, 1.54) is 0 Å². The molecule has 0 saturated carbocycles. The van der Waals surface area contributed by atoms with E-state index in [2.05, 4.69) is 6.07 Å². The van der Waals surface area contributed by atoms with Gasteiger partial charge in [-0.2, -0.15) is 5.26 Å². The third kappa shape index (κ3) is 2.88. The molecule has 86 valence electrons. The summed E-state index contributed by atoms with van der Waals surface area (Å²) in [4.78, 5) is 1.88. The number of nitriles is 1. The highest BCUT2D eigenvalue weighted by atomic mass is 16.3. The Morgan fingerprint density at radius 1 is 1.50 bits per heavy atom. The van der Waals surface area contributed by atoms with Crippen molar-refractivity contribution in [3.8, 4) is 11.8 Å². The van der Waals surface area contributed by atoms with Gasteiger partial charge in [0.05, 0.1) is 18.6 Å². The molecule has 1 aromatic rings. The second kappa shape index (κ2) is 5.38. The molecule has 0 saturated heterocycles. The number of aliphatic hydroxyl groups is 1. The van der Waals surface area contributed by atoms with Crippen molar-refractivity contribution in [1.29, 1.82) is 5.26 Å². The van der Waals surface area contributed by atoms with Crippen molar-refractivity contribution in [3.05, 3.63) is 23.8 Å². The SMILES string of the molecule is CC(O)c1ccc(N(C)CCC#N)cc1O. The van der Waals surface area contributed by atoms with Crippen molar-refractivity contribution in [2.24, 2.45) is 0 Å². The molecular formula is C12H16N2O2. The Hall–Kier alpha value is -1.73. The smallest absolute Gasteiger partial charge is 0.123 e. The second-order valence-electron chi connectivity index (χ2n) is 3.75. The summed E-state index contributed by atoms with van der Waals surface area (Å²) in [7, 11) is 1.86. The van der Waals surface area contributed by atoms with Gasteiger partial charge in [0, 0.05) is 30.9 Å². The van der Waals surface area contributed by atoms with E-state index in [1.807, 2.05) is 18.0 Å². The van der Waals surface area contributed by atoms with Crippen LogP contribution in [0.1, 0.15) is 25.0 Å². The summed E-state index contributed by atoms with van der Waals surface area (Å²) in [5.41, 5.74) is 1.34. The molecule has 0 aromatic heterocycles. The minimum absolute atomic E-state index is 0.0799. The first-order valence-corrected chi connectivity index (χ1v) is 5.15. The van der Waals surface area contributed by atoms with Crippen LogP contribution in [0.15, 0.2) is 18.2 Å². The molecule has 0 heterocycles. The molecule has 0 fully saturated rings. The van der Waals surface area contributed by atoms with Gasteiger partial charge < -0.3 is 15.1 Å². The van der Waals surface area contributed by atoms with Crippen molar-refractivity contribution in [2.75, 3.05) is 18.5 Å². The first-order chi connectivity index (χ1) is 7.56. The lowest BCUT2D eigenvalue weighted by Crippen LogP contribution is -2.17. The molecule has 0 amide bonds. The van der Waals surface area contributed by atoms with Gasteiger partial charge >= 0.3 is 0 Å². The molecular weight excluding hydrogens is 204 g/mol. The van der Waals surface area contributed by atoms with Crippen LogP contribution in [-0.2, 0) is 0 Å². The van der Waals surface area contributed by atoms with Crippen molar-refractivity contribution < 1.29 is 10.2 Å². The number of hydrogen-bond acceptors (Lipinski definition) is 4. The van der Waals surface area contributed by atoms with Crippen LogP contribution in [0.2, 0.25) is 0 Å². The quantitative estimate of drug-likeness (QED) is 0.811. The summed E-state index contributed by atoms with van der Waals surface area (Å²) in [6.45, 7) is 2.22. The highest BCUT2D eigenvalue weighted by Crippen LogP contribution is 2.28. The number of nitrogens with zero attached hydrogens (tertiary/aromatic N) is 2. The van der Waals surface area contributed by atoms with Crippen molar-refractivity contribution in [3.63, 3.8) is 0 Å². The number of phenolic OH excluding ortho intramolecular Hbond substituents is 1. The second-order valence-corrected chi connectivity index (χ2v) is 3.75. The van der Waals surface area contributed by atoms with Crippen LogP contribution in [0, 0.1) is 11.3 Å². The lowest BCUT2D eigenvalue weighted by atomic mass is 10.1. The Bertz CT molecular complexity index is 396. The van der Waals surface area contributed by atoms with Crippen LogP contribution in [0.25, 0.3) is 0 Å². The Labute approximate surface area is 95.4 Å². The third-order valence-electron chi connectivity index (χ3n) is 2.46. The molecule has 0 bridgehead atoms. The Kier molecular flexibility index (Phi) is 4.15. The summed E-state index contributed by atoms with van der Waals surface area (Å²) >= 11 is 0. The van der Waals surface area contributed by atoms with E-state index < -0.39 is 6.10 Å². The van der Waals surface area contributed by atoms with Crippen LogP contribution >= 0.6 is 0 Å². The fourth-order valence-corrected chi connectivity index (χ4v) is 1.47. The summed E-state index contributed by atoms with van der Waals surface area (Å²) < 4.78 is 0. The summed E-state index contributed by atoms with van der Waals surface area (Å²) in [5.74, 6) is 0.0799. The number of benzene rings is 1. The summed E-state index contributed by atoms with van der Waals surface area (Å²) in [5, 5.41) is 27.5. The van der Waals surface area contributed by atoms with E-state index in [0.717, 1.165) is 5.69 Å². The predicted molar refractivity (Wildman–Crippen MR) is 62.2 cm³/mol. The Balaban J connectivity index is 2.85. The highest BCUT2D eigenvalue weighted by molar-refractivity contribution is 5.53. The molecule has 4 heteroatoms. The van der Waals surface area contributed by atoms with E-state index in [4.69, 9.17) is 5.26 Å². The Morgan fingerprint density at radius 2 is 2.19 bits per heavy atom. The van der Waals surface area contributed by atoms with Crippen LogP contribution in [0.3, 0.4) is 0 Å². The lowest BCUT2D eigenvalue weighted by Gasteiger charge is -2.19. The first-order valence-electron chi connectivity index (χ1n) is 5.15. The van der Waals surface area contributed by atoms with Gasteiger partial charge in [-0.3, -0.25) is 0 Å². The third-order valence-corrected chi connectivity index (χ3v) is 2.46. The molecule has 0 aliphatic carbocycles. The van der Waals surface area contributed by atoms with E-state index in [9.17, 15) is 10.2 Å². The zero-order chi connectivity index (χ0) is 12.1. The number of hydrogen-bond donors (Lipinski definition) is 2. The maximum absolute atomic E-state index is 9.68. The number of aromatic hydroxyl groups is 1. The monoisotopic (exact) mass is 220 g/mol. The Morgan fingerprint density at radius 3 is 2.69 bits per heavy atom. The molecule has 0 aliphatic heterocycles. The highest BCUT2D eigenvalue weighted by Gasteiger charge is 2.09. The van der Waals surface area contributed by atoms with Gasteiger partial charge in [-0.05, 0) is 13.0 Å². The molecule has 2 N–H and O–H groups in total. The zero-order valence-corrected chi connectivity index (χ0v) is 9.51. The standard InChI is InChI=1S/C12H16N2O2/c1-9(15)11-5-4-10(8-12(11)16)14(2)7-3-6-13/h4-5,8-9,15-16H,3,7H2,1-2H3. The van der Waals surface area contributed by atoms with E-state index in [1.54, 1.807) is 19.1 Å². The lowest BCUT2D eigenvalue weighted by molar-refractivity contribution is 0.195. The molecule has 16 heavy (non-hydrogen) atoms. The van der Waals surface area contributed by atoms with Crippen LogP contribution in [0.5, 0.6) is 5.75 Å². The molecule has 0 radical (unpaired) electrons. The minimum Gasteiger partial charge on any atom is -0.507 e. The topological polar surface area (TPSA) is 67.5 Å². The predicted octanol–water partition coefficient (Wildman–Crippen LogP) is 1.80. The fourth-order valence-electron chi connectivity index (χ4n) is 1.47.